The second kappa shape index (κ2) is 7.65. The summed E-state index contributed by atoms with van der Waals surface area (Å²) in [6.07, 6.45) is 10.4. The third kappa shape index (κ3) is 4.50. The molecule has 2 rings (SSSR count). The fourth-order valence-corrected chi connectivity index (χ4v) is 3.37. The maximum absolute atomic E-state index is 12.2. The monoisotopic (exact) mass is 280 g/mol. The standard InChI is InChI=1S/C16H28N2O2/c1-13-8-7-11-18(12-13)16(20)15(19)17-14-9-5-3-2-4-6-10-14/h13-14H,2-12H2,1H3,(H,17,19)/t13-/m0/s1. The van der Waals surface area contributed by atoms with Gasteiger partial charge < -0.3 is 10.2 Å². The van der Waals surface area contributed by atoms with Crippen molar-refractivity contribution in [2.24, 2.45) is 5.92 Å². The molecule has 1 heterocycles. The maximum Gasteiger partial charge on any atom is 0.311 e. The first-order chi connectivity index (χ1) is 9.66. The van der Waals surface area contributed by atoms with Gasteiger partial charge in [0.15, 0.2) is 0 Å². The number of rotatable bonds is 1. The van der Waals surface area contributed by atoms with E-state index in [0.29, 0.717) is 5.92 Å². The van der Waals surface area contributed by atoms with E-state index in [1.807, 2.05) is 0 Å². The average Bonchev–Trinajstić information content (AvgIpc) is 2.40. The highest BCUT2D eigenvalue weighted by Gasteiger charge is 2.27. The summed E-state index contributed by atoms with van der Waals surface area (Å²) in [7, 11) is 0. The summed E-state index contributed by atoms with van der Waals surface area (Å²) >= 11 is 0. The highest BCUT2D eigenvalue weighted by molar-refractivity contribution is 6.35. The minimum atomic E-state index is -0.385. The molecule has 1 aliphatic carbocycles. The lowest BCUT2D eigenvalue weighted by Crippen LogP contribution is -2.49. The number of likely N-dealkylation sites (tertiary alicyclic amines) is 1. The molecule has 1 aliphatic heterocycles. The predicted molar refractivity (Wildman–Crippen MR) is 79.2 cm³/mol. The van der Waals surface area contributed by atoms with Crippen molar-refractivity contribution in [3.63, 3.8) is 0 Å². The van der Waals surface area contributed by atoms with Crippen molar-refractivity contribution in [1.29, 1.82) is 0 Å². The number of nitrogens with one attached hydrogen (secondary N) is 1. The van der Waals surface area contributed by atoms with Gasteiger partial charge in [-0.2, -0.15) is 0 Å². The van der Waals surface area contributed by atoms with Crippen molar-refractivity contribution in [1.82, 2.24) is 10.2 Å². The van der Waals surface area contributed by atoms with Crippen LogP contribution in [0, 0.1) is 5.92 Å². The quantitative estimate of drug-likeness (QED) is 0.750. The van der Waals surface area contributed by atoms with Gasteiger partial charge in [-0.25, -0.2) is 0 Å². The van der Waals surface area contributed by atoms with Crippen molar-refractivity contribution in [3.05, 3.63) is 0 Å². The van der Waals surface area contributed by atoms with Crippen molar-refractivity contribution in [3.8, 4) is 0 Å². The number of amides is 2. The molecule has 4 nitrogen and oxygen atoms in total. The van der Waals surface area contributed by atoms with Crippen LogP contribution in [0.1, 0.15) is 64.7 Å². The largest absolute Gasteiger partial charge is 0.345 e. The van der Waals surface area contributed by atoms with Gasteiger partial charge in [0.25, 0.3) is 0 Å². The molecule has 2 amide bonds. The topological polar surface area (TPSA) is 49.4 Å². The van der Waals surface area contributed by atoms with Crippen LogP contribution in [-0.2, 0) is 9.59 Å². The van der Waals surface area contributed by atoms with E-state index in [1.165, 1.54) is 32.1 Å². The molecule has 0 aromatic heterocycles. The summed E-state index contributed by atoms with van der Waals surface area (Å²) in [5.41, 5.74) is 0. The molecule has 0 spiro atoms. The van der Waals surface area contributed by atoms with Crippen LogP contribution in [0.4, 0.5) is 0 Å². The Balaban J connectivity index is 1.81. The van der Waals surface area contributed by atoms with Crippen LogP contribution in [0.25, 0.3) is 0 Å². The molecule has 4 heteroatoms. The molecule has 2 fully saturated rings. The van der Waals surface area contributed by atoms with E-state index in [9.17, 15) is 9.59 Å². The Morgan fingerprint density at radius 2 is 1.60 bits per heavy atom. The molecular weight excluding hydrogens is 252 g/mol. The van der Waals surface area contributed by atoms with E-state index in [2.05, 4.69) is 12.2 Å². The van der Waals surface area contributed by atoms with E-state index in [4.69, 9.17) is 0 Å². The fraction of sp³-hybridized carbons (Fsp3) is 0.875. The number of carbonyl (C=O) groups excluding carboxylic acids is 2. The number of hydrogen-bond donors (Lipinski definition) is 1. The van der Waals surface area contributed by atoms with Gasteiger partial charge in [0.2, 0.25) is 0 Å². The number of piperidine rings is 1. The first kappa shape index (κ1) is 15.3. The number of carbonyl (C=O) groups is 2. The molecule has 20 heavy (non-hydrogen) atoms. The SMILES string of the molecule is C[C@H]1CCCN(C(=O)C(=O)NC2CCCCCCC2)C1. The molecule has 1 atom stereocenters. The fourth-order valence-electron chi connectivity index (χ4n) is 3.37. The van der Waals surface area contributed by atoms with Crippen molar-refractivity contribution < 1.29 is 9.59 Å². The molecule has 1 N–H and O–H groups in total. The Morgan fingerprint density at radius 3 is 2.25 bits per heavy atom. The van der Waals surface area contributed by atoms with Gasteiger partial charge in [0.1, 0.15) is 0 Å². The average molecular weight is 280 g/mol. The van der Waals surface area contributed by atoms with Crippen molar-refractivity contribution >= 4 is 11.8 Å². The van der Waals surface area contributed by atoms with Crippen molar-refractivity contribution in [2.75, 3.05) is 13.1 Å². The number of nitrogens with zero attached hydrogens (tertiary/aromatic N) is 1. The summed E-state index contributed by atoms with van der Waals surface area (Å²) in [6, 6.07) is 0.203. The lowest BCUT2D eigenvalue weighted by atomic mass is 9.96. The molecule has 1 saturated carbocycles. The minimum absolute atomic E-state index is 0.203. The molecule has 0 aromatic rings. The van der Waals surface area contributed by atoms with Gasteiger partial charge in [-0.05, 0) is 31.6 Å². The Kier molecular flexibility index (Phi) is 5.86. The van der Waals surface area contributed by atoms with E-state index in [1.54, 1.807) is 4.90 Å². The van der Waals surface area contributed by atoms with Crippen molar-refractivity contribution in [2.45, 2.75) is 70.8 Å². The van der Waals surface area contributed by atoms with E-state index in [0.717, 1.165) is 38.8 Å². The lowest BCUT2D eigenvalue weighted by Gasteiger charge is -2.31. The van der Waals surface area contributed by atoms with Crippen LogP contribution >= 0.6 is 0 Å². The molecule has 1 saturated heterocycles. The smallest absolute Gasteiger partial charge is 0.311 e. The Hall–Kier alpha value is -1.06. The third-order valence-corrected chi connectivity index (χ3v) is 4.58. The molecule has 0 unspecified atom stereocenters. The molecule has 0 bridgehead atoms. The summed E-state index contributed by atoms with van der Waals surface area (Å²) < 4.78 is 0. The van der Waals surface area contributed by atoms with Crippen LogP contribution in [0.2, 0.25) is 0 Å². The summed E-state index contributed by atoms with van der Waals surface area (Å²) in [5.74, 6) is -0.190. The minimum Gasteiger partial charge on any atom is -0.345 e. The van der Waals surface area contributed by atoms with Crippen LogP contribution in [0.15, 0.2) is 0 Å². The first-order valence-corrected chi connectivity index (χ1v) is 8.26. The van der Waals surface area contributed by atoms with Gasteiger partial charge in [-0.1, -0.05) is 39.0 Å². The highest BCUT2D eigenvalue weighted by atomic mass is 16.2. The molecule has 0 radical (unpaired) electrons. The van der Waals surface area contributed by atoms with Gasteiger partial charge in [0.05, 0.1) is 0 Å². The zero-order chi connectivity index (χ0) is 14.4. The maximum atomic E-state index is 12.2. The molecule has 114 valence electrons. The lowest BCUT2D eigenvalue weighted by molar-refractivity contribution is -0.147. The van der Waals surface area contributed by atoms with E-state index in [-0.39, 0.29) is 17.9 Å². The highest BCUT2D eigenvalue weighted by Crippen LogP contribution is 2.18. The first-order valence-electron chi connectivity index (χ1n) is 8.26. The Bertz CT molecular complexity index is 335. The van der Waals surface area contributed by atoms with E-state index >= 15 is 0 Å². The van der Waals surface area contributed by atoms with Gasteiger partial charge in [-0.15, -0.1) is 0 Å². The second-order valence-corrected chi connectivity index (χ2v) is 6.51. The second-order valence-electron chi connectivity index (χ2n) is 6.51. The Labute approximate surface area is 122 Å². The Morgan fingerprint density at radius 1 is 0.950 bits per heavy atom. The summed E-state index contributed by atoms with van der Waals surface area (Å²) in [5, 5.41) is 2.97. The van der Waals surface area contributed by atoms with Gasteiger partial charge in [-0.3, -0.25) is 9.59 Å². The van der Waals surface area contributed by atoms with Gasteiger partial charge in [0, 0.05) is 19.1 Å². The number of hydrogen-bond acceptors (Lipinski definition) is 2. The summed E-state index contributed by atoms with van der Waals surface area (Å²) in [6.45, 7) is 3.62. The zero-order valence-electron chi connectivity index (χ0n) is 12.7. The predicted octanol–water partition coefficient (Wildman–Crippen LogP) is 2.47. The van der Waals surface area contributed by atoms with E-state index < -0.39 is 0 Å². The zero-order valence-corrected chi connectivity index (χ0v) is 12.7. The third-order valence-electron chi connectivity index (χ3n) is 4.58. The van der Waals surface area contributed by atoms with Crippen LogP contribution in [0.3, 0.4) is 0 Å². The van der Waals surface area contributed by atoms with Crippen LogP contribution < -0.4 is 5.32 Å². The molecule has 2 aliphatic rings. The summed E-state index contributed by atoms with van der Waals surface area (Å²) in [4.78, 5) is 26.0. The van der Waals surface area contributed by atoms with Crippen LogP contribution in [0.5, 0.6) is 0 Å². The van der Waals surface area contributed by atoms with Crippen LogP contribution in [-0.4, -0.2) is 35.8 Å². The normalized spacial score (nSPS) is 25.6. The van der Waals surface area contributed by atoms with Gasteiger partial charge >= 0.3 is 11.8 Å². The molecule has 0 aromatic carbocycles. The molecular formula is C16H28N2O2.